The number of likely N-dealkylation sites (N-methyl/N-ethyl adjacent to an activating group) is 1. The van der Waals surface area contributed by atoms with Gasteiger partial charge in [0.05, 0.1) is 6.04 Å². The van der Waals surface area contributed by atoms with Gasteiger partial charge in [-0.05, 0) is 50.9 Å². The smallest absolute Gasteiger partial charge is 0.275 e. The molecule has 27 heavy (non-hydrogen) atoms. The third-order valence-electron chi connectivity index (χ3n) is 5.68. The Bertz CT molecular complexity index is 877. The van der Waals surface area contributed by atoms with Crippen molar-refractivity contribution in [1.29, 1.82) is 0 Å². The number of nitrogens with zero attached hydrogens (tertiary/aromatic N) is 4. The first kappa shape index (κ1) is 18.1. The van der Waals surface area contributed by atoms with Gasteiger partial charge in [-0.2, -0.15) is 5.10 Å². The normalized spacial score (nSPS) is 20.1. The number of hydrogen-bond donors (Lipinski definition) is 1. The minimum absolute atomic E-state index is 0.0189. The minimum Gasteiger partial charge on any atom is -0.330 e. The molecule has 0 spiro atoms. The van der Waals surface area contributed by atoms with Gasteiger partial charge in [0.25, 0.3) is 5.91 Å². The van der Waals surface area contributed by atoms with Crippen LogP contribution in [0.2, 0.25) is 0 Å². The van der Waals surface area contributed by atoms with Crippen LogP contribution in [0.1, 0.15) is 33.7 Å². The summed E-state index contributed by atoms with van der Waals surface area (Å²) in [7, 11) is 2.04. The van der Waals surface area contributed by atoms with E-state index in [0.29, 0.717) is 24.5 Å². The van der Waals surface area contributed by atoms with Gasteiger partial charge in [0.15, 0.2) is 5.69 Å². The molecule has 1 aromatic carbocycles. The Hall–Kier alpha value is -2.25. The van der Waals surface area contributed by atoms with Crippen molar-refractivity contribution in [3.63, 3.8) is 0 Å². The number of benzene rings is 1. The molecule has 1 amide bonds. The number of aromatic nitrogens is 2. The van der Waals surface area contributed by atoms with Gasteiger partial charge in [0.2, 0.25) is 0 Å². The quantitative estimate of drug-likeness (QED) is 0.888. The lowest BCUT2D eigenvalue weighted by molar-refractivity contribution is 0.0508. The van der Waals surface area contributed by atoms with Crippen molar-refractivity contribution in [1.82, 2.24) is 19.6 Å². The average Bonchev–Trinajstić information content (AvgIpc) is 3.24. The number of carbonyl (C=O) groups excluding carboxylic acids is 1. The van der Waals surface area contributed by atoms with Gasteiger partial charge in [-0.1, -0.05) is 6.07 Å². The zero-order valence-electron chi connectivity index (χ0n) is 15.9. The first-order valence-corrected chi connectivity index (χ1v) is 9.56. The Morgan fingerprint density at radius 2 is 2.15 bits per heavy atom. The lowest BCUT2D eigenvalue weighted by atomic mass is 10.1. The molecule has 2 aromatic rings. The number of hydrogen-bond acceptors (Lipinski definition) is 4. The van der Waals surface area contributed by atoms with Gasteiger partial charge in [0, 0.05) is 37.4 Å². The molecule has 1 fully saturated rings. The van der Waals surface area contributed by atoms with E-state index < -0.39 is 0 Å². The standard InChI is InChI=1S/C20H26FN5O/c1-13-6-7-18(16(21)10-13)26-17-5-3-4-15(17)19(23-26)20(27)25-9-8-24(2)12-14(25)11-22/h6-7,10,14H,3-5,8-9,11-12,22H2,1-2H3. The molecule has 6 nitrogen and oxygen atoms in total. The molecule has 2 aliphatic rings. The number of piperazine rings is 1. The molecule has 1 aliphatic heterocycles. The van der Waals surface area contributed by atoms with Gasteiger partial charge < -0.3 is 15.5 Å². The molecular formula is C20H26FN5O. The Kier molecular flexibility index (Phi) is 4.74. The SMILES string of the molecule is Cc1ccc(-n2nc(C(=O)N3CCN(C)CC3CN)c3c2CCC3)c(F)c1. The van der Waals surface area contributed by atoms with Crippen molar-refractivity contribution < 1.29 is 9.18 Å². The molecule has 2 heterocycles. The largest absolute Gasteiger partial charge is 0.330 e. The summed E-state index contributed by atoms with van der Waals surface area (Å²) in [6.45, 7) is 4.49. The third-order valence-corrected chi connectivity index (χ3v) is 5.68. The Labute approximate surface area is 158 Å². The van der Waals surface area contributed by atoms with Crippen molar-refractivity contribution >= 4 is 5.91 Å². The topological polar surface area (TPSA) is 67.4 Å². The van der Waals surface area contributed by atoms with Crippen molar-refractivity contribution in [3.8, 4) is 5.69 Å². The van der Waals surface area contributed by atoms with Crippen LogP contribution in [0.5, 0.6) is 0 Å². The summed E-state index contributed by atoms with van der Waals surface area (Å²) < 4.78 is 16.2. The van der Waals surface area contributed by atoms with E-state index in [1.54, 1.807) is 10.7 Å². The van der Waals surface area contributed by atoms with Crippen molar-refractivity contribution in [3.05, 3.63) is 46.5 Å². The molecule has 1 aromatic heterocycles. The van der Waals surface area contributed by atoms with E-state index in [0.717, 1.165) is 49.2 Å². The maximum Gasteiger partial charge on any atom is 0.275 e. The second-order valence-electron chi connectivity index (χ2n) is 7.64. The molecule has 7 heteroatoms. The fourth-order valence-electron chi connectivity index (χ4n) is 4.21. The number of rotatable bonds is 3. The second-order valence-corrected chi connectivity index (χ2v) is 7.64. The van der Waals surface area contributed by atoms with Crippen molar-refractivity contribution in [2.45, 2.75) is 32.2 Å². The minimum atomic E-state index is -0.314. The van der Waals surface area contributed by atoms with Crippen molar-refractivity contribution in [2.24, 2.45) is 5.73 Å². The Morgan fingerprint density at radius 1 is 1.33 bits per heavy atom. The Balaban J connectivity index is 1.73. The lowest BCUT2D eigenvalue weighted by Gasteiger charge is -2.39. The van der Waals surface area contributed by atoms with Gasteiger partial charge in [-0.3, -0.25) is 4.79 Å². The highest BCUT2D eigenvalue weighted by atomic mass is 19.1. The van der Waals surface area contributed by atoms with Crippen LogP contribution >= 0.6 is 0 Å². The summed E-state index contributed by atoms with van der Waals surface area (Å²) >= 11 is 0. The maximum absolute atomic E-state index is 14.6. The van der Waals surface area contributed by atoms with E-state index in [-0.39, 0.29) is 17.8 Å². The van der Waals surface area contributed by atoms with Gasteiger partial charge >= 0.3 is 0 Å². The van der Waals surface area contributed by atoms with Gasteiger partial charge in [-0.25, -0.2) is 9.07 Å². The molecule has 144 valence electrons. The van der Waals surface area contributed by atoms with Crippen LogP contribution < -0.4 is 5.73 Å². The average molecular weight is 371 g/mol. The highest BCUT2D eigenvalue weighted by Crippen LogP contribution is 2.30. The highest BCUT2D eigenvalue weighted by molar-refractivity contribution is 5.94. The summed E-state index contributed by atoms with van der Waals surface area (Å²) in [5, 5.41) is 4.59. The van der Waals surface area contributed by atoms with Crippen LogP contribution in [0.25, 0.3) is 5.69 Å². The van der Waals surface area contributed by atoms with Crippen LogP contribution in [0.3, 0.4) is 0 Å². The van der Waals surface area contributed by atoms with Crippen molar-refractivity contribution in [2.75, 3.05) is 33.2 Å². The van der Waals surface area contributed by atoms with Crippen LogP contribution in [-0.2, 0) is 12.8 Å². The number of nitrogens with two attached hydrogens (primary N) is 1. The van der Waals surface area contributed by atoms with E-state index >= 15 is 0 Å². The molecule has 2 N–H and O–H groups in total. The first-order chi connectivity index (χ1) is 13.0. The summed E-state index contributed by atoms with van der Waals surface area (Å²) in [5.74, 6) is -0.395. The molecule has 4 rings (SSSR count). The highest BCUT2D eigenvalue weighted by Gasteiger charge is 2.34. The number of amides is 1. The Morgan fingerprint density at radius 3 is 2.89 bits per heavy atom. The molecule has 1 aliphatic carbocycles. The van der Waals surface area contributed by atoms with E-state index in [1.165, 1.54) is 6.07 Å². The lowest BCUT2D eigenvalue weighted by Crippen LogP contribution is -2.56. The second kappa shape index (κ2) is 7.05. The van der Waals surface area contributed by atoms with E-state index in [2.05, 4.69) is 10.00 Å². The molecule has 0 bridgehead atoms. The van der Waals surface area contributed by atoms with E-state index in [4.69, 9.17) is 5.73 Å². The monoisotopic (exact) mass is 371 g/mol. The zero-order valence-corrected chi connectivity index (χ0v) is 15.9. The van der Waals surface area contributed by atoms with E-state index in [9.17, 15) is 9.18 Å². The van der Waals surface area contributed by atoms with Gasteiger partial charge in [0.1, 0.15) is 11.5 Å². The zero-order chi connectivity index (χ0) is 19.1. The summed E-state index contributed by atoms with van der Waals surface area (Å²) in [5.41, 5.74) is 9.58. The molecule has 1 saturated heterocycles. The summed E-state index contributed by atoms with van der Waals surface area (Å²) in [6, 6.07) is 5.09. The first-order valence-electron chi connectivity index (χ1n) is 9.56. The fourth-order valence-corrected chi connectivity index (χ4v) is 4.21. The molecule has 1 unspecified atom stereocenters. The third kappa shape index (κ3) is 3.15. The fraction of sp³-hybridized carbons (Fsp3) is 0.500. The number of carbonyl (C=O) groups is 1. The number of fused-ring (bicyclic) bond motifs is 1. The van der Waals surface area contributed by atoms with Crippen LogP contribution in [-0.4, -0.2) is 64.8 Å². The molecule has 0 radical (unpaired) electrons. The van der Waals surface area contributed by atoms with E-state index in [1.807, 2.05) is 24.9 Å². The summed E-state index contributed by atoms with van der Waals surface area (Å²) in [4.78, 5) is 17.3. The maximum atomic E-state index is 14.6. The molecular weight excluding hydrogens is 345 g/mol. The predicted octanol–water partition coefficient (Wildman–Crippen LogP) is 1.52. The summed E-state index contributed by atoms with van der Waals surface area (Å²) in [6.07, 6.45) is 2.58. The number of halogens is 1. The predicted molar refractivity (Wildman–Crippen MR) is 102 cm³/mol. The van der Waals surface area contributed by atoms with Gasteiger partial charge in [-0.15, -0.1) is 0 Å². The number of aryl methyl sites for hydroxylation is 1. The van der Waals surface area contributed by atoms with Crippen LogP contribution in [0, 0.1) is 12.7 Å². The van der Waals surface area contributed by atoms with Crippen LogP contribution in [0.4, 0.5) is 4.39 Å². The molecule has 0 saturated carbocycles. The molecule has 1 atom stereocenters. The van der Waals surface area contributed by atoms with Crippen LogP contribution in [0.15, 0.2) is 18.2 Å².